The first-order chi connectivity index (χ1) is 7.68. The van der Waals surface area contributed by atoms with Gasteiger partial charge < -0.3 is 10.4 Å². The van der Waals surface area contributed by atoms with Crippen LogP contribution in [-0.4, -0.2) is 17.0 Å². The minimum absolute atomic E-state index is 0.179. The number of rotatable bonds is 2. The first-order valence-electron chi connectivity index (χ1n) is 4.93. The fourth-order valence-corrected chi connectivity index (χ4v) is 1.87. The second kappa shape index (κ2) is 3.81. The summed E-state index contributed by atoms with van der Waals surface area (Å²) in [5.41, 5.74) is -0.986. The Morgan fingerprint density at radius 1 is 1.31 bits per heavy atom. The van der Waals surface area contributed by atoms with Crippen LogP contribution in [0.1, 0.15) is 12.0 Å². The number of hydrogen-bond donors (Lipinski definition) is 2. The molecular weight excluding hydrogens is 206 g/mol. The summed E-state index contributed by atoms with van der Waals surface area (Å²) in [4.78, 5) is 23.2. The van der Waals surface area contributed by atoms with Crippen molar-refractivity contribution in [2.45, 2.75) is 11.8 Å². The topological polar surface area (TPSA) is 66.4 Å². The first-order valence-corrected chi connectivity index (χ1v) is 4.93. The van der Waals surface area contributed by atoms with Gasteiger partial charge >= 0.3 is 5.97 Å². The highest BCUT2D eigenvalue weighted by atomic mass is 16.4. The van der Waals surface area contributed by atoms with Crippen molar-refractivity contribution in [2.24, 2.45) is 0 Å². The number of carbonyl (C=O) groups excluding carboxylic acids is 1. The average Bonchev–Trinajstić information content (AvgIpc) is 2.30. The Labute approximate surface area is 92.6 Å². The highest BCUT2D eigenvalue weighted by Crippen LogP contribution is 2.31. The van der Waals surface area contributed by atoms with Crippen molar-refractivity contribution in [3.63, 3.8) is 0 Å². The quantitative estimate of drug-likeness (QED) is 0.727. The van der Waals surface area contributed by atoms with Crippen LogP contribution in [-0.2, 0) is 15.0 Å². The second-order valence-electron chi connectivity index (χ2n) is 3.66. The van der Waals surface area contributed by atoms with Crippen molar-refractivity contribution in [1.29, 1.82) is 0 Å². The molecule has 0 bridgehead atoms. The minimum Gasteiger partial charge on any atom is -0.480 e. The lowest BCUT2D eigenvalue weighted by atomic mass is 9.75. The molecule has 1 aliphatic rings. The van der Waals surface area contributed by atoms with Crippen molar-refractivity contribution >= 4 is 11.9 Å². The van der Waals surface area contributed by atoms with E-state index < -0.39 is 17.3 Å². The average molecular weight is 217 g/mol. The van der Waals surface area contributed by atoms with Gasteiger partial charge in [0, 0.05) is 0 Å². The zero-order valence-electron chi connectivity index (χ0n) is 8.51. The van der Waals surface area contributed by atoms with Gasteiger partial charge in [-0.25, -0.2) is 0 Å². The summed E-state index contributed by atoms with van der Waals surface area (Å²) in [6, 6.07) is 8.56. The molecule has 0 fully saturated rings. The zero-order chi connectivity index (χ0) is 11.6. The van der Waals surface area contributed by atoms with Gasteiger partial charge in [-0.3, -0.25) is 9.59 Å². The second-order valence-corrected chi connectivity index (χ2v) is 3.66. The lowest BCUT2D eigenvalue weighted by molar-refractivity contribution is -0.149. The number of benzene rings is 1. The molecule has 0 aliphatic carbocycles. The third-order valence-electron chi connectivity index (χ3n) is 2.78. The molecule has 82 valence electrons. The molecule has 4 nitrogen and oxygen atoms in total. The number of aliphatic carboxylic acids is 1. The highest BCUT2D eigenvalue weighted by Gasteiger charge is 2.47. The van der Waals surface area contributed by atoms with Crippen molar-refractivity contribution in [3.8, 4) is 0 Å². The maximum atomic E-state index is 11.8. The van der Waals surface area contributed by atoms with E-state index in [2.05, 4.69) is 5.32 Å². The van der Waals surface area contributed by atoms with E-state index in [-0.39, 0.29) is 6.42 Å². The molecule has 1 amide bonds. The minimum atomic E-state index is -1.49. The third-order valence-corrected chi connectivity index (χ3v) is 2.78. The zero-order valence-corrected chi connectivity index (χ0v) is 8.51. The molecule has 0 saturated heterocycles. The van der Waals surface area contributed by atoms with Crippen molar-refractivity contribution in [3.05, 3.63) is 48.2 Å². The first kappa shape index (κ1) is 10.4. The normalized spacial score (nSPS) is 23.9. The molecule has 0 aromatic heterocycles. The molecule has 0 radical (unpaired) electrons. The van der Waals surface area contributed by atoms with Crippen LogP contribution in [0.2, 0.25) is 0 Å². The summed E-state index contributed by atoms with van der Waals surface area (Å²) in [7, 11) is 0. The number of allylic oxidation sites excluding steroid dienone is 1. The maximum Gasteiger partial charge on any atom is 0.324 e. The summed E-state index contributed by atoms with van der Waals surface area (Å²) in [6.07, 6.45) is 3.31. The summed E-state index contributed by atoms with van der Waals surface area (Å²) >= 11 is 0. The van der Waals surface area contributed by atoms with E-state index in [0.717, 1.165) is 0 Å². The van der Waals surface area contributed by atoms with E-state index in [0.29, 0.717) is 5.56 Å². The lowest BCUT2D eigenvalue weighted by Crippen LogP contribution is -2.50. The molecule has 0 saturated carbocycles. The van der Waals surface area contributed by atoms with Crippen LogP contribution in [0, 0.1) is 0 Å². The van der Waals surface area contributed by atoms with Crippen molar-refractivity contribution in [1.82, 2.24) is 5.32 Å². The summed E-state index contributed by atoms with van der Waals surface area (Å²) in [5, 5.41) is 11.8. The number of carboxylic acid groups (broad SMARTS) is 1. The van der Waals surface area contributed by atoms with Crippen LogP contribution >= 0.6 is 0 Å². The predicted molar refractivity (Wildman–Crippen MR) is 57.7 cm³/mol. The molecule has 0 spiro atoms. The molecule has 1 aliphatic heterocycles. The van der Waals surface area contributed by atoms with Gasteiger partial charge in [0.05, 0.1) is 0 Å². The van der Waals surface area contributed by atoms with Gasteiger partial charge in [0.25, 0.3) is 0 Å². The van der Waals surface area contributed by atoms with Crippen LogP contribution in [0.25, 0.3) is 0 Å². The molecular formula is C12H11NO3. The molecule has 1 unspecified atom stereocenters. The van der Waals surface area contributed by atoms with Gasteiger partial charge in [0.2, 0.25) is 5.91 Å². The lowest BCUT2D eigenvalue weighted by Gasteiger charge is -2.29. The Bertz CT molecular complexity index is 453. The summed E-state index contributed by atoms with van der Waals surface area (Å²) in [5.74, 6) is -1.62. The van der Waals surface area contributed by atoms with E-state index in [1.165, 1.54) is 6.20 Å². The Balaban J connectivity index is 2.56. The third kappa shape index (κ3) is 1.39. The van der Waals surface area contributed by atoms with E-state index in [1.807, 2.05) is 0 Å². The largest absolute Gasteiger partial charge is 0.480 e. The van der Waals surface area contributed by atoms with Crippen molar-refractivity contribution in [2.75, 3.05) is 0 Å². The number of carbonyl (C=O) groups is 2. The molecule has 2 rings (SSSR count). The molecule has 1 heterocycles. The highest BCUT2D eigenvalue weighted by molar-refractivity contribution is 6.09. The Morgan fingerprint density at radius 3 is 2.56 bits per heavy atom. The van der Waals surface area contributed by atoms with Gasteiger partial charge in [-0.2, -0.15) is 0 Å². The Morgan fingerprint density at radius 2 is 2.00 bits per heavy atom. The van der Waals surface area contributed by atoms with Crippen LogP contribution in [0.3, 0.4) is 0 Å². The van der Waals surface area contributed by atoms with Gasteiger partial charge in [-0.15, -0.1) is 0 Å². The van der Waals surface area contributed by atoms with Crippen LogP contribution in [0.5, 0.6) is 0 Å². The number of amides is 1. The number of hydrogen-bond acceptors (Lipinski definition) is 2. The monoisotopic (exact) mass is 217 g/mol. The standard InChI is InChI=1S/C12H11NO3/c14-10-12(11(15)16,7-4-8-13-10)9-5-2-1-3-6-9/h1-6,8H,7H2,(H,13,14)(H,15,16). The molecule has 1 aromatic rings. The van der Waals surface area contributed by atoms with E-state index in [4.69, 9.17) is 0 Å². The molecule has 16 heavy (non-hydrogen) atoms. The van der Waals surface area contributed by atoms with E-state index in [1.54, 1.807) is 36.4 Å². The van der Waals surface area contributed by atoms with E-state index in [9.17, 15) is 14.7 Å². The fourth-order valence-electron chi connectivity index (χ4n) is 1.87. The maximum absolute atomic E-state index is 11.8. The summed E-state index contributed by atoms with van der Waals surface area (Å²) < 4.78 is 0. The molecule has 4 heteroatoms. The van der Waals surface area contributed by atoms with E-state index >= 15 is 0 Å². The Hall–Kier alpha value is -2.10. The molecule has 1 atom stereocenters. The number of carboxylic acids is 1. The van der Waals surface area contributed by atoms with Crippen molar-refractivity contribution < 1.29 is 14.7 Å². The summed E-state index contributed by atoms with van der Waals surface area (Å²) in [6.45, 7) is 0. The van der Waals surface area contributed by atoms with Crippen LogP contribution in [0.4, 0.5) is 0 Å². The van der Waals surface area contributed by atoms with Gasteiger partial charge in [-0.1, -0.05) is 36.4 Å². The van der Waals surface area contributed by atoms with Crippen LogP contribution < -0.4 is 5.32 Å². The Kier molecular flexibility index (Phi) is 2.48. The van der Waals surface area contributed by atoms with Gasteiger partial charge in [-0.05, 0) is 18.2 Å². The van der Waals surface area contributed by atoms with Gasteiger partial charge in [0.1, 0.15) is 0 Å². The SMILES string of the molecule is O=C(O)C1(c2ccccc2)CC=CNC1=O. The molecule has 2 N–H and O–H groups in total. The predicted octanol–water partition coefficient (Wildman–Crippen LogP) is 1.04. The number of nitrogens with one attached hydrogen (secondary N) is 1. The fraction of sp³-hybridized carbons (Fsp3) is 0.167. The van der Waals surface area contributed by atoms with Gasteiger partial charge in [0.15, 0.2) is 5.41 Å². The smallest absolute Gasteiger partial charge is 0.324 e. The molecule has 1 aromatic carbocycles. The van der Waals surface area contributed by atoms with Crippen LogP contribution in [0.15, 0.2) is 42.6 Å².